The first kappa shape index (κ1) is 14.1. The minimum absolute atomic E-state index is 0.790. The van der Waals surface area contributed by atoms with Crippen LogP contribution in [-0.2, 0) is 17.8 Å². The minimum Gasteiger partial charge on any atom is -0.478 e. The Hall–Kier alpha value is -2.36. The number of carbonyl (C=O) groups is 1. The second-order valence-corrected chi connectivity index (χ2v) is 4.63. The van der Waals surface area contributed by atoms with E-state index in [-0.39, 0.29) is 0 Å². The molecular formula is C16H18N2O2. The number of benzene rings is 1. The van der Waals surface area contributed by atoms with E-state index in [0.717, 1.165) is 36.9 Å². The summed E-state index contributed by atoms with van der Waals surface area (Å²) in [5, 5.41) is 8.58. The van der Waals surface area contributed by atoms with Crippen LogP contribution >= 0.6 is 0 Å². The highest BCUT2D eigenvalue weighted by atomic mass is 16.4. The van der Waals surface area contributed by atoms with Crippen LogP contribution in [0.15, 0.2) is 42.7 Å². The van der Waals surface area contributed by atoms with Crippen molar-refractivity contribution in [2.24, 2.45) is 0 Å². The van der Waals surface area contributed by atoms with E-state index < -0.39 is 5.97 Å². The fourth-order valence-corrected chi connectivity index (χ4v) is 2.03. The number of aryl methyl sites for hydroxylation is 1. The molecule has 0 bridgehead atoms. The predicted molar refractivity (Wildman–Crippen MR) is 78.4 cm³/mol. The average molecular weight is 270 g/mol. The molecule has 104 valence electrons. The maximum absolute atomic E-state index is 10.5. The van der Waals surface area contributed by atoms with Gasteiger partial charge in [-0.2, -0.15) is 0 Å². The van der Waals surface area contributed by atoms with Gasteiger partial charge in [0.25, 0.3) is 0 Å². The van der Waals surface area contributed by atoms with Crippen molar-refractivity contribution in [1.82, 2.24) is 9.55 Å². The van der Waals surface area contributed by atoms with Gasteiger partial charge in [0.05, 0.1) is 0 Å². The molecule has 2 aromatic rings. The van der Waals surface area contributed by atoms with Gasteiger partial charge < -0.3 is 9.67 Å². The highest BCUT2D eigenvalue weighted by Crippen LogP contribution is 2.10. The summed E-state index contributed by atoms with van der Waals surface area (Å²) in [5.74, 6) is 0.166. The molecule has 0 atom stereocenters. The van der Waals surface area contributed by atoms with E-state index in [1.54, 1.807) is 6.08 Å². The number of carboxylic acids is 1. The zero-order chi connectivity index (χ0) is 14.4. The lowest BCUT2D eigenvalue weighted by molar-refractivity contribution is -0.131. The van der Waals surface area contributed by atoms with Crippen LogP contribution in [0.5, 0.6) is 0 Å². The van der Waals surface area contributed by atoms with Crippen LogP contribution in [-0.4, -0.2) is 20.6 Å². The molecule has 0 aliphatic carbocycles. The number of imidazole rings is 1. The smallest absolute Gasteiger partial charge is 0.328 e. The molecule has 1 aromatic carbocycles. The standard InChI is InChI=1S/C16H18N2O2/c1-2-3-15-17-10-11-18(15)12-14-6-4-13(5-7-14)8-9-16(19)20/h4-11H,2-3,12H2,1H3,(H,19,20). The molecule has 0 amide bonds. The van der Waals surface area contributed by atoms with Gasteiger partial charge in [-0.15, -0.1) is 0 Å². The summed E-state index contributed by atoms with van der Waals surface area (Å²) in [5.41, 5.74) is 2.06. The summed E-state index contributed by atoms with van der Waals surface area (Å²) in [6.07, 6.45) is 8.61. The molecule has 0 saturated carbocycles. The molecule has 0 aliphatic heterocycles. The van der Waals surface area contributed by atoms with Crippen molar-refractivity contribution in [2.75, 3.05) is 0 Å². The van der Waals surface area contributed by atoms with E-state index >= 15 is 0 Å². The molecule has 1 aromatic heterocycles. The van der Waals surface area contributed by atoms with Crippen molar-refractivity contribution in [3.8, 4) is 0 Å². The number of hydrogen-bond acceptors (Lipinski definition) is 2. The lowest BCUT2D eigenvalue weighted by Crippen LogP contribution is -2.04. The number of carboxylic acid groups (broad SMARTS) is 1. The van der Waals surface area contributed by atoms with Crippen LogP contribution in [0.25, 0.3) is 6.08 Å². The summed E-state index contributed by atoms with van der Waals surface area (Å²) in [7, 11) is 0. The van der Waals surface area contributed by atoms with Gasteiger partial charge in [0.15, 0.2) is 0 Å². The van der Waals surface area contributed by atoms with Gasteiger partial charge in [0.2, 0.25) is 0 Å². The number of aliphatic carboxylic acids is 1. The third-order valence-electron chi connectivity index (χ3n) is 3.03. The maximum Gasteiger partial charge on any atom is 0.328 e. The molecule has 4 nitrogen and oxygen atoms in total. The first-order valence-corrected chi connectivity index (χ1v) is 6.69. The van der Waals surface area contributed by atoms with Crippen molar-refractivity contribution >= 4 is 12.0 Å². The van der Waals surface area contributed by atoms with Crippen molar-refractivity contribution in [3.05, 3.63) is 59.7 Å². The van der Waals surface area contributed by atoms with Crippen molar-refractivity contribution in [3.63, 3.8) is 0 Å². The largest absolute Gasteiger partial charge is 0.478 e. The fourth-order valence-electron chi connectivity index (χ4n) is 2.03. The molecule has 0 spiro atoms. The van der Waals surface area contributed by atoms with Gasteiger partial charge in [-0.1, -0.05) is 31.2 Å². The van der Waals surface area contributed by atoms with E-state index in [1.807, 2.05) is 36.7 Å². The van der Waals surface area contributed by atoms with E-state index in [4.69, 9.17) is 5.11 Å². The lowest BCUT2D eigenvalue weighted by Gasteiger charge is -2.07. The molecule has 1 heterocycles. The Kier molecular flexibility index (Phi) is 4.71. The van der Waals surface area contributed by atoms with Crippen molar-refractivity contribution in [1.29, 1.82) is 0 Å². The Morgan fingerprint density at radius 3 is 2.75 bits per heavy atom. The Bertz CT molecular complexity index is 597. The number of hydrogen-bond donors (Lipinski definition) is 1. The molecule has 2 rings (SSSR count). The van der Waals surface area contributed by atoms with E-state index in [2.05, 4.69) is 16.5 Å². The molecule has 0 radical (unpaired) electrons. The summed E-state index contributed by atoms with van der Waals surface area (Å²) in [6, 6.07) is 7.87. The van der Waals surface area contributed by atoms with Gasteiger partial charge in [-0.3, -0.25) is 0 Å². The SMILES string of the molecule is CCCc1nccn1Cc1ccc(C=CC(=O)O)cc1. The molecule has 0 unspecified atom stereocenters. The summed E-state index contributed by atoms with van der Waals surface area (Å²) in [6.45, 7) is 2.93. The third kappa shape index (κ3) is 3.82. The van der Waals surface area contributed by atoms with Crippen molar-refractivity contribution in [2.45, 2.75) is 26.3 Å². The molecular weight excluding hydrogens is 252 g/mol. The van der Waals surface area contributed by atoms with E-state index in [9.17, 15) is 4.79 Å². The summed E-state index contributed by atoms with van der Waals surface area (Å²) >= 11 is 0. The second-order valence-electron chi connectivity index (χ2n) is 4.63. The van der Waals surface area contributed by atoms with Crippen LogP contribution in [0.3, 0.4) is 0 Å². The number of rotatable bonds is 6. The minimum atomic E-state index is -0.934. The first-order valence-electron chi connectivity index (χ1n) is 6.69. The maximum atomic E-state index is 10.5. The molecule has 0 aliphatic rings. The van der Waals surface area contributed by atoms with E-state index in [1.165, 1.54) is 5.56 Å². The van der Waals surface area contributed by atoms with Crippen LogP contribution in [0.2, 0.25) is 0 Å². The quantitative estimate of drug-likeness (QED) is 0.821. The van der Waals surface area contributed by atoms with Gasteiger partial charge in [-0.05, 0) is 23.6 Å². The van der Waals surface area contributed by atoms with Gasteiger partial charge >= 0.3 is 5.97 Å². The first-order chi connectivity index (χ1) is 9.69. The Balaban J connectivity index is 2.07. The monoisotopic (exact) mass is 270 g/mol. The second kappa shape index (κ2) is 6.70. The van der Waals surface area contributed by atoms with Crippen LogP contribution in [0.1, 0.15) is 30.3 Å². The van der Waals surface area contributed by atoms with Crippen LogP contribution in [0.4, 0.5) is 0 Å². The van der Waals surface area contributed by atoms with Crippen LogP contribution in [0, 0.1) is 0 Å². The summed E-state index contributed by atoms with van der Waals surface area (Å²) < 4.78 is 2.14. The Morgan fingerprint density at radius 2 is 2.10 bits per heavy atom. The van der Waals surface area contributed by atoms with E-state index in [0.29, 0.717) is 0 Å². The molecule has 20 heavy (non-hydrogen) atoms. The third-order valence-corrected chi connectivity index (χ3v) is 3.03. The lowest BCUT2D eigenvalue weighted by atomic mass is 10.1. The normalized spacial score (nSPS) is 11.1. The van der Waals surface area contributed by atoms with Crippen molar-refractivity contribution < 1.29 is 9.90 Å². The topological polar surface area (TPSA) is 55.1 Å². The highest BCUT2D eigenvalue weighted by Gasteiger charge is 2.02. The molecule has 1 N–H and O–H groups in total. The fraction of sp³-hybridized carbons (Fsp3) is 0.250. The highest BCUT2D eigenvalue weighted by molar-refractivity contribution is 5.85. The molecule has 4 heteroatoms. The van der Waals surface area contributed by atoms with Gasteiger partial charge in [-0.25, -0.2) is 9.78 Å². The van der Waals surface area contributed by atoms with Crippen LogP contribution < -0.4 is 0 Å². The average Bonchev–Trinajstić information content (AvgIpc) is 2.86. The molecule has 0 fully saturated rings. The summed E-state index contributed by atoms with van der Waals surface area (Å²) in [4.78, 5) is 14.8. The predicted octanol–water partition coefficient (Wildman–Crippen LogP) is 2.98. The molecule has 0 saturated heterocycles. The Labute approximate surface area is 118 Å². The zero-order valence-corrected chi connectivity index (χ0v) is 11.5. The zero-order valence-electron chi connectivity index (χ0n) is 11.5. The Morgan fingerprint density at radius 1 is 1.35 bits per heavy atom. The number of aromatic nitrogens is 2. The van der Waals surface area contributed by atoms with Gasteiger partial charge in [0, 0.05) is 31.4 Å². The van der Waals surface area contributed by atoms with Gasteiger partial charge in [0.1, 0.15) is 5.82 Å². The number of nitrogens with zero attached hydrogens (tertiary/aromatic N) is 2.